The topological polar surface area (TPSA) is 54.5 Å². The summed E-state index contributed by atoms with van der Waals surface area (Å²) in [7, 11) is 0. The van der Waals surface area contributed by atoms with Crippen molar-refractivity contribution < 1.29 is 9.53 Å². The zero-order chi connectivity index (χ0) is 20.4. The maximum Gasteiger partial charge on any atom is 0.410 e. The van der Waals surface area contributed by atoms with Crippen LogP contribution < -0.4 is 5.32 Å². The number of pyridine rings is 1. The molecule has 0 spiro atoms. The number of carbonyl (C=O) groups is 1. The highest BCUT2D eigenvalue weighted by Crippen LogP contribution is 2.27. The van der Waals surface area contributed by atoms with E-state index in [2.05, 4.69) is 47.8 Å². The molecule has 1 saturated heterocycles. The van der Waals surface area contributed by atoms with E-state index in [9.17, 15) is 4.79 Å². The Morgan fingerprint density at radius 3 is 2.55 bits per heavy atom. The van der Waals surface area contributed by atoms with Crippen molar-refractivity contribution in [3.05, 3.63) is 66.5 Å². The molecule has 2 aromatic carbocycles. The minimum Gasteiger partial charge on any atom is -0.444 e. The van der Waals surface area contributed by atoms with Crippen LogP contribution in [-0.2, 0) is 4.74 Å². The molecule has 1 aliphatic rings. The van der Waals surface area contributed by atoms with Crippen LogP contribution in [0.5, 0.6) is 0 Å². The Labute approximate surface area is 171 Å². The van der Waals surface area contributed by atoms with Crippen LogP contribution in [-0.4, -0.2) is 41.2 Å². The molecule has 0 saturated carbocycles. The van der Waals surface area contributed by atoms with Crippen molar-refractivity contribution in [3.63, 3.8) is 0 Å². The van der Waals surface area contributed by atoms with Gasteiger partial charge in [0.1, 0.15) is 5.60 Å². The van der Waals surface area contributed by atoms with Crippen LogP contribution >= 0.6 is 0 Å². The standard InChI is InChI=1S/C24H27N3O2/c1-24(2,3)29-23(28)27-13-12-25-16-22(27)21-11-10-20(15-26-21)19-9-8-17-6-4-5-7-18(17)14-19/h4-11,14-15,22,25H,12-13,16H2,1-3H3. The number of fused-ring (bicyclic) bond motifs is 1. The van der Waals surface area contributed by atoms with E-state index in [1.165, 1.54) is 10.8 Å². The van der Waals surface area contributed by atoms with Crippen LogP contribution in [0.25, 0.3) is 21.9 Å². The summed E-state index contributed by atoms with van der Waals surface area (Å²) in [5, 5.41) is 5.79. The first-order valence-corrected chi connectivity index (χ1v) is 10.1. The molecular formula is C24H27N3O2. The van der Waals surface area contributed by atoms with Crippen molar-refractivity contribution in [3.8, 4) is 11.1 Å². The minimum absolute atomic E-state index is 0.135. The Morgan fingerprint density at radius 2 is 1.83 bits per heavy atom. The van der Waals surface area contributed by atoms with E-state index in [0.717, 1.165) is 23.4 Å². The lowest BCUT2D eigenvalue weighted by Crippen LogP contribution is -2.50. The first-order valence-electron chi connectivity index (χ1n) is 10.1. The van der Waals surface area contributed by atoms with Gasteiger partial charge >= 0.3 is 6.09 Å². The monoisotopic (exact) mass is 389 g/mol. The highest BCUT2D eigenvalue weighted by Gasteiger charge is 2.32. The second-order valence-electron chi connectivity index (χ2n) is 8.43. The Hall–Kier alpha value is -2.92. The normalized spacial score (nSPS) is 17.3. The van der Waals surface area contributed by atoms with E-state index in [0.29, 0.717) is 13.1 Å². The Morgan fingerprint density at radius 1 is 1.07 bits per heavy atom. The van der Waals surface area contributed by atoms with Crippen LogP contribution in [0.3, 0.4) is 0 Å². The molecule has 1 fully saturated rings. The third-order valence-electron chi connectivity index (χ3n) is 5.08. The van der Waals surface area contributed by atoms with Crippen molar-refractivity contribution >= 4 is 16.9 Å². The lowest BCUT2D eigenvalue weighted by Gasteiger charge is -2.36. The summed E-state index contributed by atoms with van der Waals surface area (Å²) in [6, 6.07) is 18.7. The number of rotatable bonds is 2. The molecule has 29 heavy (non-hydrogen) atoms. The SMILES string of the molecule is CC(C)(C)OC(=O)N1CCNCC1c1ccc(-c2ccc3ccccc3c2)cn1. The van der Waals surface area contributed by atoms with E-state index in [-0.39, 0.29) is 12.1 Å². The zero-order valence-electron chi connectivity index (χ0n) is 17.2. The summed E-state index contributed by atoms with van der Waals surface area (Å²) in [6.45, 7) is 7.69. The lowest BCUT2D eigenvalue weighted by molar-refractivity contribution is 0.0113. The van der Waals surface area contributed by atoms with Gasteiger partial charge in [0.15, 0.2) is 0 Å². The molecule has 1 atom stereocenters. The number of amides is 1. The highest BCUT2D eigenvalue weighted by atomic mass is 16.6. The molecule has 5 heteroatoms. The number of benzene rings is 2. The molecule has 1 aromatic heterocycles. The van der Waals surface area contributed by atoms with Crippen molar-refractivity contribution in [2.75, 3.05) is 19.6 Å². The average Bonchev–Trinajstić information content (AvgIpc) is 2.72. The molecule has 1 aliphatic heterocycles. The maximum atomic E-state index is 12.7. The Balaban J connectivity index is 1.57. The van der Waals surface area contributed by atoms with E-state index in [1.807, 2.05) is 39.1 Å². The molecule has 0 radical (unpaired) electrons. The number of hydrogen-bond acceptors (Lipinski definition) is 4. The predicted octanol–water partition coefficient (Wildman–Crippen LogP) is 4.78. The van der Waals surface area contributed by atoms with Crippen LogP contribution in [0.1, 0.15) is 32.5 Å². The summed E-state index contributed by atoms with van der Waals surface area (Å²) >= 11 is 0. The molecule has 0 bridgehead atoms. The summed E-state index contributed by atoms with van der Waals surface area (Å²) in [4.78, 5) is 19.1. The minimum atomic E-state index is -0.514. The molecule has 1 amide bonds. The van der Waals surface area contributed by atoms with Gasteiger partial charge in [-0.2, -0.15) is 0 Å². The quantitative estimate of drug-likeness (QED) is 0.685. The smallest absolute Gasteiger partial charge is 0.410 e. The molecular weight excluding hydrogens is 362 g/mol. The third kappa shape index (κ3) is 4.40. The number of aromatic nitrogens is 1. The average molecular weight is 389 g/mol. The van der Waals surface area contributed by atoms with Gasteiger partial charge in [0.2, 0.25) is 0 Å². The van der Waals surface area contributed by atoms with Crippen molar-refractivity contribution in [1.29, 1.82) is 0 Å². The molecule has 2 heterocycles. The van der Waals surface area contributed by atoms with Gasteiger partial charge in [-0.3, -0.25) is 9.88 Å². The van der Waals surface area contributed by atoms with E-state index >= 15 is 0 Å². The van der Waals surface area contributed by atoms with E-state index in [4.69, 9.17) is 9.72 Å². The van der Waals surface area contributed by atoms with Gasteiger partial charge in [0.25, 0.3) is 0 Å². The second-order valence-corrected chi connectivity index (χ2v) is 8.43. The summed E-state index contributed by atoms with van der Waals surface area (Å²) < 4.78 is 5.59. The summed E-state index contributed by atoms with van der Waals surface area (Å²) in [5.74, 6) is 0. The lowest BCUT2D eigenvalue weighted by atomic mass is 10.0. The Kier molecular flexibility index (Phi) is 5.24. The van der Waals surface area contributed by atoms with Gasteiger partial charge < -0.3 is 10.1 Å². The number of carbonyl (C=O) groups excluding carboxylic acids is 1. The first-order chi connectivity index (χ1) is 13.9. The van der Waals surface area contributed by atoms with Gasteiger partial charge in [-0.1, -0.05) is 42.5 Å². The molecule has 4 rings (SSSR count). The molecule has 0 aliphatic carbocycles. The van der Waals surface area contributed by atoms with Crippen LogP contribution in [0.15, 0.2) is 60.8 Å². The Bertz CT molecular complexity index is 1010. The number of nitrogens with zero attached hydrogens (tertiary/aromatic N) is 2. The third-order valence-corrected chi connectivity index (χ3v) is 5.08. The molecule has 150 valence electrons. The molecule has 1 unspecified atom stereocenters. The number of ether oxygens (including phenoxy) is 1. The van der Waals surface area contributed by atoms with Gasteiger partial charge in [0.05, 0.1) is 11.7 Å². The molecule has 1 N–H and O–H groups in total. The zero-order valence-corrected chi connectivity index (χ0v) is 17.2. The maximum absolute atomic E-state index is 12.7. The van der Waals surface area contributed by atoms with Crippen LogP contribution in [0.2, 0.25) is 0 Å². The van der Waals surface area contributed by atoms with Crippen molar-refractivity contribution in [1.82, 2.24) is 15.2 Å². The number of nitrogens with one attached hydrogen (secondary N) is 1. The van der Waals surface area contributed by atoms with Gasteiger partial charge in [-0.05, 0) is 49.2 Å². The van der Waals surface area contributed by atoms with Gasteiger partial charge in [-0.15, -0.1) is 0 Å². The van der Waals surface area contributed by atoms with Crippen molar-refractivity contribution in [2.45, 2.75) is 32.4 Å². The van der Waals surface area contributed by atoms with E-state index < -0.39 is 5.60 Å². The first kappa shape index (κ1) is 19.4. The molecule has 5 nitrogen and oxygen atoms in total. The largest absolute Gasteiger partial charge is 0.444 e. The highest BCUT2D eigenvalue weighted by molar-refractivity contribution is 5.87. The number of piperazine rings is 1. The van der Waals surface area contributed by atoms with Crippen LogP contribution in [0, 0.1) is 0 Å². The fourth-order valence-corrected chi connectivity index (χ4v) is 3.65. The second kappa shape index (κ2) is 7.84. The summed E-state index contributed by atoms with van der Waals surface area (Å²) in [6.07, 6.45) is 1.60. The fourth-order valence-electron chi connectivity index (χ4n) is 3.65. The van der Waals surface area contributed by atoms with Gasteiger partial charge in [-0.25, -0.2) is 4.79 Å². The number of hydrogen-bond donors (Lipinski definition) is 1. The van der Waals surface area contributed by atoms with Crippen molar-refractivity contribution in [2.24, 2.45) is 0 Å². The van der Waals surface area contributed by atoms with Crippen LogP contribution in [0.4, 0.5) is 4.79 Å². The summed E-state index contributed by atoms with van der Waals surface area (Å²) in [5.41, 5.74) is 2.55. The predicted molar refractivity (Wildman–Crippen MR) is 116 cm³/mol. The van der Waals surface area contributed by atoms with E-state index in [1.54, 1.807) is 4.90 Å². The molecule has 3 aromatic rings. The van der Waals surface area contributed by atoms with Gasteiger partial charge in [0, 0.05) is 31.4 Å². The fraction of sp³-hybridized carbons (Fsp3) is 0.333.